The Kier molecular flexibility index (Phi) is 4.01. The number of rotatable bonds is 2. The van der Waals surface area contributed by atoms with E-state index >= 15 is 0 Å². The van der Waals surface area contributed by atoms with Crippen molar-refractivity contribution in [1.29, 1.82) is 0 Å². The first-order valence-electron chi connectivity index (χ1n) is 6.62. The lowest BCUT2D eigenvalue weighted by Gasteiger charge is -2.31. The van der Waals surface area contributed by atoms with Gasteiger partial charge in [-0.3, -0.25) is 0 Å². The fourth-order valence-corrected chi connectivity index (χ4v) is 3.57. The number of aliphatic hydroxyl groups is 1. The largest absolute Gasteiger partial charge is 0.386 e. The number of anilines is 1. The van der Waals surface area contributed by atoms with Crippen LogP contribution in [-0.4, -0.2) is 11.1 Å². The predicted molar refractivity (Wildman–Crippen MR) is 86.3 cm³/mol. The van der Waals surface area contributed by atoms with Gasteiger partial charge in [0.25, 0.3) is 0 Å². The topological polar surface area (TPSA) is 32.3 Å². The number of hydrogen-bond acceptors (Lipinski definition) is 2. The SMILES string of the molecule is OC(c1ccc(Cl)cc1Br)C1CCc2ccccc2N1. The second-order valence-electron chi connectivity index (χ2n) is 5.06. The van der Waals surface area contributed by atoms with Crippen LogP contribution in [0.4, 0.5) is 5.69 Å². The standard InChI is InChI=1S/C16H15BrClNO/c17-13-9-11(18)6-7-12(13)16(20)15-8-5-10-3-1-2-4-14(10)19-15/h1-4,6-7,9,15-16,19-20H,5,8H2. The second-order valence-corrected chi connectivity index (χ2v) is 6.35. The van der Waals surface area contributed by atoms with Crippen molar-refractivity contribution in [2.45, 2.75) is 25.0 Å². The van der Waals surface area contributed by atoms with Gasteiger partial charge in [0.15, 0.2) is 0 Å². The Morgan fingerprint density at radius 1 is 1.25 bits per heavy atom. The van der Waals surface area contributed by atoms with Crippen LogP contribution < -0.4 is 5.32 Å². The van der Waals surface area contributed by atoms with Gasteiger partial charge < -0.3 is 10.4 Å². The number of fused-ring (bicyclic) bond motifs is 1. The van der Waals surface area contributed by atoms with Gasteiger partial charge in [-0.05, 0) is 42.2 Å². The fourth-order valence-electron chi connectivity index (χ4n) is 2.66. The number of halogens is 2. The number of aryl methyl sites for hydroxylation is 1. The number of hydrogen-bond donors (Lipinski definition) is 2. The number of para-hydroxylation sites is 1. The van der Waals surface area contributed by atoms with E-state index in [9.17, 15) is 5.11 Å². The van der Waals surface area contributed by atoms with Gasteiger partial charge in [-0.15, -0.1) is 0 Å². The molecule has 0 radical (unpaired) electrons. The van der Waals surface area contributed by atoms with Crippen molar-refractivity contribution in [2.75, 3.05) is 5.32 Å². The lowest BCUT2D eigenvalue weighted by Crippen LogP contribution is -2.31. The van der Waals surface area contributed by atoms with Crippen LogP contribution in [0, 0.1) is 0 Å². The second kappa shape index (κ2) is 5.76. The van der Waals surface area contributed by atoms with Gasteiger partial charge in [-0.1, -0.05) is 51.8 Å². The van der Waals surface area contributed by atoms with Crippen LogP contribution in [-0.2, 0) is 6.42 Å². The molecular formula is C16H15BrClNO. The van der Waals surface area contributed by atoms with Crippen molar-refractivity contribution < 1.29 is 5.11 Å². The van der Waals surface area contributed by atoms with E-state index in [-0.39, 0.29) is 6.04 Å². The molecule has 1 heterocycles. The van der Waals surface area contributed by atoms with E-state index in [1.807, 2.05) is 30.3 Å². The molecule has 104 valence electrons. The van der Waals surface area contributed by atoms with E-state index in [0.717, 1.165) is 28.6 Å². The van der Waals surface area contributed by atoms with Crippen LogP contribution in [0.5, 0.6) is 0 Å². The van der Waals surface area contributed by atoms with Crippen LogP contribution in [0.2, 0.25) is 5.02 Å². The minimum atomic E-state index is -0.560. The molecule has 0 saturated carbocycles. The van der Waals surface area contributed by atoms with Crippen molar-refractivity contribution in [1.82, 2.24) is 0 Å². The molecule has 0 amide bonds. The summed E-state index contributed by atoms with van der Waals surface area (Å²) in [6.45, 7) is 0. The summed E-state index contributed by atoms with van der Waals surface area (Å²) in [6.07, 6.45) is 1.33. The summed E-state index contributed by atoms with van der Waals surface area (Å²) < 4.78 is 0.846. The summed E-state index contributed by atoms with van der Waals surface area (Å²) in [5, 5.41) is 14.7. The zero-order valence-corrected chi connectivity index (χ0v) is 13.2. The molecule has 0 bridgehead atoms. The van der Waals surface area contributed by atoms with Crippen LogP contribution >= 0.6 is 27.5 Å². The lowest BCUT2D eigenvalue weighted by molar-refractivity contribution is 0.148. The zero-order valence-electron chi connectivity index (χ0n) is 10.8. The van der Waals surface area contributed by atoms with E-state index in [1.54, 1.807) is 0 Å². The average molecular weight is 353 g/mol. The quantitative estimate of drug-likeness (QED) is 0.830. The zero-order chi connectivity index (χ0) is 14.1. The van der Waals surface area contributed by atoms with Gasteiger partial charge in [-0.25, -0.2) is 0 Å². The van der Waals surface area contributed by atoms with E-state index in [0.29, 0.717) is 5.02 Å². The maximum Gasteiger partial charge on any atom is 0.100 e. The lowest BCUT2D eigenvalue weighted by atomic mass is 9.92. The van der Waals surface area contributed by atoms with Crippen molar-refractivity contribution in [2.24, 2.45) is 0 Å². The molecule has 0 fully saturated rings. The molecule has 2 aromatic rings. The third kappa shape index (κ3) is 2.71. The molecule has 1 aliphatic rings. The predicted octanol–water partition coefficient (Wildman–Crippen LogP) is 4.56. The maximum absolute atomic E-state index is 10.6. The highest BCUT2D eigenvalue weighted by atomic mass is 79.9. The van der Waals surface area contributed by atoms with E-state index in [4.69, 9.17) is 11.6 Å². The Morgan fingerprint density at radius 3 is 2.85 bits per heavy atom. The van der Waals surface area contributed by atoms with Gasteiger partial charge >= 0.3 is 0 Å². The summed E-state index contributed by atoms with van der Waals surface area (Å²) in [7, 11) is 0. The first-order chi connectivity index (χ1) is 9.65. The molecule has 2 N–H and O–H groups in total. The highest BCUT2D eigenvalue weighted by Gasteiger charge is 2.26. The molecule has 2 atom stereocenters. The molecule has 0 aliphatic carbocycles. The Labute approximate surface area is 131 Å². The van der Waals surface area contributed by atoms with Crippen molar-refractivity contribution in [3.63, 3.8) is 0 Å². The molecule has 20 heavy (non-hydrogen) atoms. The molecule has 0 spiro atoms. The van der Waals surface area contributed by atoms with Gasteiger partial charge in [0.1, 0.15) is 6.10 Å². The minimum Gasteiger partial charge on any atom is -0.386 e. The Balaban J connectivity index is 1.84. The summed E-state index contributed by atoms with van der Waals surface area (Å²) in [5.41, 5.74) is 3.30. The highest BCUT2D eigenvalue weighted by molar-refractivity contribution is 9.10. The fraction of sp³-hybridized carbons (Fsp3) is 0.250. The monoisotopic (exact) mass is 351 g/mol. The van der Waals surface area contributed by atoms with Gasteiger partial charge in [0, 0.05) is 15.2 Å². The Bertz CT molecular complexity index is 632. The maximum atomic E-state index is 10.6. The Hall–Kier alpha value is -1.03. The smallest absolute Gasteiger partial charge is 0.100 e. The summed E-state index contributed by atoms with van der Waals surface area (Å²) in [6, 6.07) is 13.8. The molecule has 2 nitrogen and oxygen atoms in total. The number of aliphatic hydroxyl groups excluding tert-OH is 1. The first kappa shape index (κ1) is 13.9. The Morgan fingerprint density at radius 2 is 2.05 bits per heavy atom. The average Bonchev–Trinajstić information content (AvgIpc) is 2.46. The molecule has 3 rings (SSSR count). The molecular weight excluding hydrogens is 338 g/mol. The third-order valence-corrected chi connectivity index (χ3v) is 4.67. The molecule has 0 saturated heterocycles. The number of benzene rings is 2. The molecule has 0 aromatic heterocycles. The van der Waals surface area contributed by atoms with Crippen LogP contribution in [0.15, 0.2) is 46.9 Å². The summed E-state index contributed by atoms with van der Waals surface area (Å²) in [5.74, 6) is 0. The minimum absolute atomic E-state index is 0.0161. The van der Waals surface area contributed by atoms with Crippen molar-refractivity contribution in [3.05, 3.63) is 63.1 Å². The van der Waals surface area contributed by atoms with Gasteiger partial charge in [0.05, 0.1) is 6.04 Å². The van der Waals surface area contributed by atoms with Crippen LogP contribution in [0.3, 0.4) is 0 Å². The number of nitrogens with one attached hydrogen (secondary N) is 1. The molecule has 1 aliphatic heterocycles. The van der Waals surface area contributed by atoms with Gasteiger partial charge in [-0.2, -0.15) is 0 Å². The molecule has 4 heteroatoms. The van der Waals surface area contributed by atoms with Crippen LogP contribution in [0.1, 0.15) is 23.7 Å². The molecule has 2 unspecified atom stereocenters. The van der Waals surface area contributed by atoms with Crippen molar-refractivity contribution >= 4 is 33.2 Å². The van der Waals surface area contributed by atoms with E-state index in [1.165, 1.54) is 5.56 Å². The summed E-state index contributed by atoms with van der Waals surface area (Å²) >= 11 is 9.42. The van der Waals surface area contributed by atoms with Crippen LogP contribution in [0.25, 0.3) is 0 Å². The van der Waals surface area contributed by atoms with E-state index in [2.05, 4.69) is 33.4 Å². The summed E-state index contributed by atoms with van der Waals surface area (Å²) in [4.78, 5) is 0. The third-order valence-electron chi connectivity index (χ3n) is 3.75. The first-order valence-corrected chi connectivity index (χ1v) is 7.79. The normalized spacial score (nSPS) is 19.1. The molecule has 2 aromatic carbocycles. The van der Waals surface area contributed by atoms with Gasteiger partial charge in [0.2, 0.25) is 0 Å². The van der Waals surface area contributed by atoms with E-state index < -0.39 is 6.10 Å². The van der Waals surface area contributed by atoms with Crippen molar-refractivity contribution in [3.8, 4) is 0 Å². The highest BCUT2D eigenvalue weighted by Crippen LogP contribution is 2.34.